The summed E-state index contributed by atoms with van der Waals surface area (Å²) < 4.78 is 5.65. The van der Waals surface area contributed by atoms with E-state index >= 15 is 0 Å². The van der Waals surface area contributed by atoms with Gasteiger partial charge in [0, 0.05) is 12.8 Å². The van der Waals surface area contributed by atoms with E-state index in [-0.39, 0.29) is 11.9 Å². The van der Waals surface area contributed by atoms with Crippen LogP contribution in [0.2, 0.25) is 0 Å². The Bertz CT molecular complexity index is 374. The first-order valence-electron chi connectivity index (χ1n) is 4.74. The number of hydrogen-bond acceptors (Lipinski definition) is 2. The molecule has 0 aromatic heterocycles. The van der Waals surface area contributed by atoms with Crippen LogP contribution in [0.25, 0.3) is 0 Å². The fourth-order valence-corrected chi connectivity index (χ4v) is 1.81. The van der Waals surface area contributed by atoms with E-state index in [1.807, 2.05) is 12.1 Å². The highest BCUT2D eigenvalue weighted by molar-refractivity contribution is 5.77. The summed E-state index contributed by atoms with van der Waals surface area (Å²) in [7, 11) is 0. The molecule has 3 heteroatoms. The van der Waals surface area contributed by atoms with Gasteiger partial charge in [-0.2, -0.15) is 0 Å². The number of hydrogen-bond donors (Lipinski definition) is 2. The summed E-state index contributed by atoms with van der Waals surface area (Å²) in [6.45, 7) is 2.07. The lowest BCUT2D eigenvalue weighted by Gasteiger charge is -2.08. The molecule has 0 bridgehead atoms. The second-order valence-corrected chi connectivity index (χ2v) is 3.78. The molecule has 0 spiro atoms. The lowest BCUT2D eigenvalue weighted by Crippen LogP contribution is -2.22. The van der Waals surface area contributed by atoms with E-state index in [2.05, 4.69) is 13.0 Å². The maximum Gasteiger partial charge on any atom is 0.123 e. The first-order valence-corrected chi connectivity index (χ1v) is 4.74. The van der Waals surface area contributed by atoms with Crippen molar-refractivity contribution < 1.29 is 4.74 Å². The Kier molecular flexibility index (Phi) is 2.15. The summed E-state index contributed by atoms with van der Waals surface area (Å²) in [4.78, 5) is 0. The molecular weight excluding hydrogens is 176 g/mol. The van der Waals surface area contributed by atoms with Gasteiger partial charge in [-0.25, -0.2) is 0 Å². The average molecular weight is 190 g/mol. The van der Waals surface area contributed by atoms with Gasteiger partial charge < -0.3 is 10.5 Å². The Morgan fingerprint density at radius 3 is 3.14 bits per heavy atom. The van der Waals surface area contributed by atoms with E-state index in [0.717, 1.165) is 12.2 Å². The zero-order valence-corrected chi connectivity index (χ0v) is 8.21. The summed E-state index contributed by atoms with van der Waals surface area (Å²) in [5.41, 5.74) is 7.82. The van der Waals surface area contributed by atoms with Crippen LogP contribution in [-0.2, 0) is 6.42 Å². The third-order valence-electron chi connectivity index (χ3n) is 2.40. The van der Waals surface area contributed by atoms with Gasteiger partial charge in [0.25, 0.3) is 0 Å². The van der Waals surface area contributed by atoms with Crippen LogP contribution >= 0.6 is 0 Å². The van der Waals surface area contributed by atoms with Crippen LogP contribution in [0.1, 0.15) is 17.5 Å². The molecule has 3 N–H and O–H groups in total. The number of fused-ring (bicyclic) bond motifs is 1. The third-order valence-corrected chi connectivity index (χ3v) is 2.40. The minimum atomic E-state index is 0.0595. The van der Waals surface area contributed by atoms with Gasteiger partial charge in [0.2, 0.25) is 0 Å². The molecule has 0 fully saturated rings. The van der Waals surface area contributed by atoms with E-state index in [9.17, 15) is 0 Å². The number of nitrogens with two attached hydrogens (primary N) is 1. The van der Waals surface area contributed by atoms with Crippen molar-refractivity contribution in [2.24, 2.45) is 5.73 Å². The minimum absolute atomic E-state index is 0.0595. The molecular formula is C11H14N2O. The quantitative estimate of drug-likeness (QED) is 0.550. The zero-order valence-electron chi connectivity index (χ0n) is 8.21. The van der Waals surface area contributed by atoms with Crippen molar-refractivity contribution in [1.82, 2.24) is 0 Å². The van der Waals surface area contributed by atoms with E-state index in [1.165, 1.54) is 11.1 Å². The molecule has 1 aliphatic heterocycles. The number of aryl methyl sites for hydroxylation is 1. The molecule has 1 aromatic carbocycles. The summed E-state index contributed by atoms with van der Waals surface area (Å²) in [6.07, 6.45) is 1.45. The lowest BCUT2D eigenvalue weighted by atomic mass is 10.1. The van der Waals surface area contributed by atoms with Crippen LogP contribution < -0.4 is 10.5 Å². The first kappa shape index (κ1) is 9.06. The molecule has 0 aliphatic carbocycles. The van der Waals surface area contributed by atoms with Gasteiger partial charge in [-0.15, -0.1) is 0 Å². The standard InChI is InChI=1S/C11H14N2O/c1-7-2-3-10-8(4-7)5-9(14-10)6-11(12)13/h2-4,9H,5-6H2,1H3,(H3,12,13). The monoisotopic (exact) mass is 190 g/mol. The highest BCUT2D eigenvalue weighted by atomic mass is 16.5. The van der Waals surface area contributed by atoms with Crippen molar-refractivity contribution in [3.63, 3.8) is 0 Å². The maximum absolute atomic E-state index is 7.21. The molecule has 3 nitrogen and oxygen atoms in total. The molecule has 0 saturated carbocycles. The van der Waals surface area contributed by atoms with Gasteiger partial charge in [-0.05, 0) is 18.6 Å². The van der Waals surface area contributed by atoms with E-state index in [0.29, 0.717) is 6.42 Å². The number of amidine groups is 1. The van der Waals surface area contributed by atoms with Crippen molar-refractivity contribution in [1.29, 1.82) is 5.41 Å². The van der Waals surface area contributed by atoms with Gasteiger partial charge in [0.15, 0.2) is 0 Å². The van der Waals surface area contributed by atoms with Gasteiger partial charge in [-0.1, -0.05) is 17.7 Å². The average Bonchev–Trinajstić information content (AvgIpc) is 2.44. The molecule has 14 heavy (non-hydrogen) atoms. The highest BCUT2D eigenvalue weighted by Gasteiger charge is 2.22. The summed E-state index contributed by atoms with van der Waals surface area (Å²) in [6, 6.07) is 6.16. The summed E-state index contributed by atoms with van der Waals surface area (Å²) in [5, 5.41) is 7.21. The number of rotatable bonds is 2. The van der Waals surface area contributed by atoms with Crippen molar-refractivity contribution in [3.05, 3.63) is 29.3 Å². The Hall–Kier alpha value is -1.51. The Morgan fingerprint density at radius 2 is 2.43 bits per heavy atom. The number of benzene rings is 1. The van der Waals surface area contributed by atoms with Crippen LogP contribution in [0.5, 0.6) is 5.75 Å². The van der Waals surface area contributed by atoms with E-state index < -0.39 is 0 Å². The van der Waals surface area contributed by atoms with E-state index in [1.54, 1.807) is 0 Å². The molecule has 1 unspecified atom stereocenters. The lowest BCUT2D eigenvalue weighted by molar-refractivity contribution is 0.241. The van der Waals surface area contributed by atoms with Gasteiger partial charge in [0.1, 0.15) is 11.9 Å². The third kappa shape index (κ3) is 1.71. The zero-order chi connectivity index (χ0) is 10.1. The van der Waals surface area contributed by atoms with Crippen LogP contribution in [0.4, 0.5) is 0 Å². The highest BCUT2D eigenvalue weighted by Crippen LogP contribution is 2.30. The van der Waals surface area contributed by atoms with Crippen molar-refractivity contribution in [2.75, 3.05) is 0 Å². The number of ether oxygens (including phenoxy) is 1. The van der Waals surface area contributed by atoms with E-state index in [4.69, 9.17) is 15.9 Å². The molecule has 1 heterocycles. The molecule has 1 aromatic rings. The molecule has 2 rings (SSSR count). The largest absolute Gasteiger partial charge is 0.489 e. The van der Waals surface area contributed by atoms with Crippen LogP contribution in [0.3, 0.4) is 0 Å². The summed E-state index contributed by atoms with van der Waals surface area (Å²) >= 11 is 0. The molecule has 0 radical (unpaired) electrons. The second kappa shape index (κ2) is 3.33. The molecule has 74 valence electrons. The molecule has 0 saturated heterocycles. The predicted molar refractivity (Wildman–Crippen MR) is 55.8 cm³/mol. The van der Waals surface area contributed by atoms with Gasteiger partial charge in [0.05, 0.1) is 5.84 Å². The first-order chi connectivity index (χ1) is 6.65. The Morgan fingerprint density at radius 1 is 1.64 bits per heavy atom. The fourth-order valence-electron chi connectivity index (χ4n) is 1.81. The van der Waals surface area contributed by atoms with Gasteiger partial charge in [-0.3, -0.25) is 5.41 Å². The molecule has 1 aliphatic rings. The Balaban J connectivity index is 2.14. The number of nitrogens with one attached hydrogen (secondary N) is 1. The van der Waals surface area contributed by atoms with Crippen molar-refractivity contribution in [3.8, 4) is 5.75 Å². The topological polar surface area (TPSA) is 59.1 Å². The Labute approximate surface area is 83.4 Å². The maximum atomic E-state index is 7.21. The molecule has 1 atom stereocenters. The predicted octanol–water partition coefficient (Wildman–Crippen LogP) is 1.62. The molecule has 0 amide bonds. The van der Waals surface area contributed by atoms with Crippen LogP contribution in [0.15, 0.2) is 18.2 Å². The van der Waals surface area contributed by atoms with Crippen molar-refractivity contribution >= 4 is 5.84 Å². The van der Waals surface area contributed by atoms with Gasteiger partial charge >= 0.3 is 0 Å². The second-order valence-electron chi connectivity index (χ2n) is 3.78. The van der Waals surface area contributed by atoms with Crippen molar-refractivity contribution in [2.45, 2.75) is 25.9 Å². The van der Waals surface area contributed by atoms with Crippen LogP contribution in [0, 0.1) is 12.3 Å². The SMILES string of the molecule is Cc1ccc2c(c1)CC(CC(=N)N)O2. The smallest absolute Gasteiger partial charge is 0.123 e. The fraction of sp³-hybridized carbons (Fsp3) is 0.364. The minimum Gasteiger partial charge on any atom is -0.489 e. The normalized spacial score (nSPS) is 18.8. The summed E-state index contributed by atoms with van der Waals surface area (Å²) in [5.74, 6) is 1.14. The van der Waals surface area contributed by atoms with Crippen LogP contribution in [-0.4, -0.2) is 11.9 Å².